The Morgan fingerprint density at radius 1 is 1.08 bits per heavy atom. The van der Waals surface area contributed by atoms with Gasteiger partial charge in [-0.25, -0.2) is 4.79 Å². The van der Waals surface area contributed by atoms with E-state index in [0.29, 0.717) is 19.5 Å². The predicted molar refractivity (Wildman–Crippen MR) is 104 cm³/mol. The number of hydrogen-bond acceptors (Lipinski definition) is 6. The fraction of sp³-hybridized carbons (Fsp3) is 0.895. The zero-order valence-corrected chi connectivity index (χ0v) is 17.5. The molecule has 0 unspecified atom stereocenters. The zero-order chi connectivity index (χ0) is 20.2. The molecule has 154 valence electrons. The van der Waals surface area contributed by atoms with Gasteiger partial charge in [-0.1, -0.05) is 20.8 Å². The van der Waals surface area contributed by atoms with E-state index in [1.54, 1.807) is 4.90 Å². The minimum atomic E-state index is -0.473. The molecule has 7 heteroatoms. The molecule has 7 nitrogen and oxygen atoms in total. The third kappa shape index (κ3) is 11.3. The van der Waals surface area contributed by atoms with Crippen molar-refractivity contribution in [2.75, 3.05) is 39.5 Å². The summed E-state index contributed by atoms with van der Waals surface area (Å²) in [6.45, 7) is 16.8. The average molecular weight is 374 g/mol. The molecule has 0 spiro atoms. The highest BCUT2D eigenvalue weighted by Gasteiger charge is 2.27. The SMILES string of the molecule is CC(C)(C)OC(=O)N1CCC(CC(=O)OCN)CC1.CCN(CC)CC. The lowest BCUT2D eigenvalue weighted by atomic mass is 9.94. The number of esters is 1. The van der Waals surface area contributed by atoms with Crippen molar-refractivity contribution in [3.8, 4) is 0 Å². The molecule has 1 saturated heterocycles. The van der Waals surface area contributed by atoms with Gasteiger partial charge in [0.2, 0.25) is 0 Å². The first-order chi connectivity index (χ1) is 12.2. The highest BCUT2D eigenvalue weighted by atomic mass is 16.6. The fourth-order valence-corrected chi connectivity index (χ4v) is 2.70. The van der Waals surface area contributed by atoms with Crippen LogP contribution in [0, 0.1) is 5.92 Å². The third-order valence-electron chi connectivity index (χ3n) is 4.31. The number of rotatable bonds is 6. The zero-order valence-electron chi connectivity index (χ0n) is 17.5. The Hall–Kier alpha value is -1.34. The number of carbonyl (C=O) groups excluding carboxylic acids is 2. The van der Waals surface area contributed by atoms with Gasteiger partial charge in [0.1, 0.15) is 12.3 Å². The van der Waals surface area contributed by atoms with Crippen molar-refractivity contribution in [1.82, 2.24) is 9.80 Å². The molecule has 0 radical (unpaired) electrons. The van der Waals surface area contributed by atoms with Crippen LogP contribution in [0.15, 0.2) is 0 Å². The first-order valence-corrected chi connectivity index (χ1v) is 9.72. The van der Waals surface area contributed by atoms with Crippen molar-refractivity contribution in [2.24, 2.45) is 11.7 Å². The van der Waals surface area contributed by atoms with Crippen LogP contribution in [0.5, 0.6) is 0 Å². The standard InChI is InChI=1S/C13H24N2O4.C6H15N/c1-13(2,3)19-12(17)15-6-4-10(5-7-15)8-11(16)18-9-14;1-4-7(5-2)6-3/h10H,4-9,14H2,1-3H3;4-6H2,1-3H3. The van der Waals surface area contributed by atoms with E-state index in [-0.39, 0.29) is 24.7 Å². The Labute approximate surface area is 159 Å². The molecule has 1 fully saturated rings. The Kier molecular flexibility index (Phi) is 12.3. The second-order valence-electron chi connectivity index (χ2n) is 7.42. The molecule has 0 aromatic heterocycles. The summed E-state index contributed by atoms with van der Waals surface area (Å²) in [6.07, 6.45) is 1.67. The Balaban J connectivity index is 0.000000758. The average Bonchev–Trinajstić information content (AvgIpc) is 2.56. The van der Waals surface area contributed by atoms with E-state index in [1.165, 1.54) is 19.6 Å². The second-order valence-corrected chi connectivity index (χ2v) is 7.42. The van der Waals surface area contributed by atoms with E-state index in [1.807, 2.05) is 20.8 Å². The summed E-state index contributed by atoms with van der Waals surface area (Å²) in [5, 5.41) is 0. The van der Waals surface area contributed by atoms with Crippen molar-refractivity contribution in [3.05, 3.63) is 0 Å². The molecule has 1 aliphatic rings. The quantitative estimate of drug-likeness (QED) is 0.569. The summed E-state index contributed by atoms with van der Waals surface area (Å²) in [6, 6.07) is 0. The molecule has 1 rings (SSSR count). The molecule has 0 aromatic carbocycles. The maximum absolute atomic E-state index is 11.8. The van der Waals surface area contributed by atoms with Crippen LogP contribution in [0.3, 0.4) is 0 Å². The van der Waals surface area contributed by atoms with Crippen LogP contribution < -0.4 is 5.73 Å². The number of piperidine rings is 1. The van der Waals surface area contributed by atoms with Gasteiger partial charge in [0.15, 0.2) is 0 Å². The summed E-state index contributed by atoms with van der Waals surface area (Å²) >= 11 is 0. The van der Waals surface area contributed by atoms with E-state index in [9.17, 15) is 9.59 Å². The topological polar surface area (TPSA) is 85.1 Å². The lowest BCUT2D eigenvalue weighted by Crippen LogP contribution is -2.42. The third-order valence-corrected chi connectivity index (χ3v) is 4.31. The summed E-state index contributed by atoms with van der Waals surface area (Å²) in [7, 11) is 0. The lowest BCUT2D eigenvalue weighted by molar-refractivity contribution is -0.144. The van der Waals surface area contributed by atoms with Crippen LogP contribution in [-0.4, -0.2) is 66.9 Å². The van der Waals surface area contributed by atoms with Crippen LogP contribution >= 0.6 is 0 Å². The van der Waals surface area contributed by atoms with Gasteiger partial charge in [-0.3, -0.25) is 10.5 Å². The van der Waals surface area contributed by atoms with Gasteiger partial charge in [0.05, 0.1) is 0 Å². The molecule has 1 aliphatic heterocycles. The summed E-state index contributed by atoms with van der Waals surface area (Å²) in [4.78, 5) is 27.2. The van der Waals surface area contributed by atoms with Crippen molar-refractivity contribution >= 4 is 12.1 Å². The van der Waals surface area contributed by atoms with Gasteiger partial charge in [-0.05, 0) is 59.2 Å². The smallest absolute Gasteiger partial charge is 0.410 e. The van der Waals surface area contributed by atoms with E-state index in [2.05, 4.69) is 25.7 Å². The number of hydrogen-bond donors (Lipinski definition) is 1. The molecule has 26 heavy (non-hydrogen) atoms. The lowest BCUT2D eigenvalue weighted by Gasteiger charge is -2.33. The van der Waals surface area contributed by atoms with E-state index < -0.39 is 5.60 Å². The van der Waals surface area contributed by atoms with Gasteiger partial charge in [-0.2, -0.15) is 0 Å². The van der Waals surface area contributed by atoms with Crippen molar-refractivity contribution in [1.29, 1.82) is 0 Å². The first-order valence-electron chi connectivity index (χ1n) is 9.72. The Morgan fingerprint density at radius 3 is 1.92 bits per heavy atom. The first kappa shape index (κ1) is 24.7. The van der Waals surface area contributed by atoms with E-state index in [4.69, 9.17) is 15.2 Å². The molecular weight excluding hydrogens is 334 g/mol. The van der Waals surface area contributed by atoms with Crippen molar-refractivity contribution < 1.29 is 19.1 Å². The number of nitrogens with zero attached hydrogens (tertiary/aromatic N) is 2. The maximum Gasteiger partial charge on any atom is 0.410 e. The number of carbonyl (C=O) groups is 2. The summed E-state index contributed by atoms with van der Waals surface area (Å²) in [5.74, 6) is -0.00375. The molecule has 0 aromatic rings. The van der Waals surface area contributed by atoms with Crippen LogP contribution in [0.1, 0.15) is 60.8 Å². The Bertz CT molecular complexity index is 393. The number of likely N-dealkylation sites (tertiary alicyclic amines) is 1. The number of amides is 1. The minimum Gasteiger partial charge on any atom is -0.450 e. The second kappa shape index (κ2) is 12.9. The number of ether oxygens (including phenoxy) is 2. The van der Waals surface area contributed by atoms with Gasteiger partial charge in [0, 0.05) is 19.5 Å². The molecule has 0 atom stereocenters. The summed E-state index contributed by atoms with van der Waals surface area (Å²) < 4.78 is 10.0. The molecular formula is C19H39N3O4. The maximum atomic E-state index is 11.8. The molecule has 0 bridgehead atoms. The van der Waals surface area contributed by atoms with Crippen molar-refractivity contribution in [2.45, 2.75) is 66.4 Å². The van der Waals surface area contributed by atoms with Crippen LogP contribution in [0.4, 0.5) is 4.79 Å². The van der Waals surface area contributed by atoms with Gasteiger partial charge >= 0.3 is 12.1 Å². The normalized spacial score (nSPS) is 15.3. The molecule has 0 aliphatic carbocycles. The predicted octanol–water partition coefficient (Wildman–Crippen LogP) is 2.83. The van der Waals surface area contributed by atoms with E-state index >= 15 is 0 Å². The highest BCUT2D eigenvalue weighted by molar-refractivity contribution is 5.70. The van der Waals surface area contributed by atoms with Crippen LogP contribution in [0.25, 0.3) is 0 Å². The van der Waals surface area contributed by atoms with Gasteiger partial charge in [0.25, 0.3) is 0 Å². The molecule has 1 amide bonds. The van der Waals surface area contributed by atoms with E-state index in [0.717, 1.165) is 12.8 Å². The fourth-order valence-electron chi connectivity index (χ4n) is 2.70. The van der Waals surface area contributed by atoms with Gasteiger partial charge < -0.3 is 19.3 Å². The minimum absolute atomic E-state index is 0.0738. The Morgan fingerprint density at radius 2 is 1.58 bits per heavy atom. The molecule has 2 N–H and O–H groups in total. The highest BCUT2D eigenvalue weighted by Crippen LogP contribution is 2.22. The number of nitrogens with two attached hydrogens (primary N) is 1. The molecule has 0 saturated carbocycles. The van der Waals surface area contributed by atoms with Crippen LogP contribution in [0.2, 0.25) is 0 Å². The van der Waals surface area contributed by atoms with Crippen LogP contribution in [-0.2, 0) is 14.3 Å². The molecule has 1 heterocycles. The summed E-state index contributed by atoms with van der Waals surface area (Å²) in [5.41, 5.74) is 4.67. The van der Waals surface area contributed by atoms with Crippen molar-refractivity contribution in [3.63, 3.8) is 0 Å². The monoisotopic (exact) mass is 373 g/mol. The van der Waals surface area contributed by atoms with Gasteiger partial charge in [-0.15, -0.1) is 0 Å². The largest absolute Gasteiger partial charge is 0.450 e.